The van der Waals surface area contributed by atoms with Crippen LogP contribution in [0.2, 0.25) is 0 Å². The van der Waals surface area contributed by atoms with Gasteiger partial charge in [-0.05, 0) is 22.0 Å². The number of fused-ring (bicyclic) bond motifs is 1. The molecule has 1 aromatic carbocycles. The van der Waals surface area contributed by atoms with Crippen molar-refractivity contribution in [2.24, 2.45) is 5.90 Å². The van der Waals surface area contributed by atoms with Crippen molar-refractivity contribution in [2.75, 3.05) is 13.2 Å². The van der Waals surface area contributed by atoms with Crippen LogP contribution in [-0.2, 0) is 11.4 Å². The average Bonchev–Trinajstić information content (AvgIpc) is 2.26. The Morgan fingerprint density at radius 2 is 2.20 bits per heavy atom. The average molecular weight is 278 g/mol. The monoisotopic (exact) mass is 277 g/mol. The first-order chi connectivity index (χ1) is 7.24. The lowest BCUT2D eigenvalue weighted by Crippen LogP contribution is -2.17. The normalized spacial score (nSPS) is 14.1. The molecule has 2 rings (SSSR count). The molecule has 0 fully saturated rings. The number of ether oxygens (including phenoxy) is 2. The maximum Gasteiger partial charge on any atom is 0.178 e. The van der Waals surface area contributed by atoms with Gasteiger partial charge in [-0.15, -0.1) is 0 Å². The Labute approximate surface area is 94.2 Å². The van der Waals surface area contributed by atoms with Gasteiger partial charge in [-0.25, -0.2) is 10.3 Å². The molecule has 0 amide bonds. The zero-order chi connectivity index (χ0) is 10.8. The molecule has 0 aliphatic carbocycles. The molecule has 0 aromatic heterocycles. The Bertz CT molecular complexity index is 386. The maximum absolute atomic E-state index is 13.7. The fraction of sp³-hybridized carbons (Fsp3) is 0.333. The van der Waals surface area contributed by atoms with Crippen LogP contribution in [0.1, 0.15) is 5.56 Å². The van der Waals surface area contributed by atoms with E-state index in [1.165, 1.54) is 6.07 Å². The lowest BCUT2D eigenvalue weighted by atomic mass is 10.2. The molecule has 0 atom stereocenters. The fourth-order valence-electron chi connectivity index (χ4n) is 1.37. The van der Waals surface area contributed by atoms with Gasteiger partial charge in [-0.1, -0.05) is 0 Å². The van der Waals surface area contributed by atoms with E-state index < -0.39 is 5.82 Å². The van der Waals surface area contributed by atoms with E-state index in [1.807, 2.05) is 0 Å². The SMILES string of the molecule is NOCc1cc2c(c(Br)c1F)OCCO2. The van der Waals surface area contributed by atoms with Gasteiger partial charge in [0, 0.05) is 5.56 Å². The van der Waals surface area contributed by atoms with Crippen LogP contribution < -0.4 is 15.4 Å². The largest absolute Gasteiger partial charge is 0.486 e. The molecule has 1 heterocycles. The first kappa shape index (κ1) is 10.7. The minimum absolute atomic E-state index is 0.0128. The fourth-order valence-corrected chi connectivity index (χ4v) is 1.93. The summed E-state index contributed by atoms with van der Waals surface area (Å²) in [5, 5.41) is 0. The Kier molecular flexibility index (Phi) is 3.08. The molecule has 2 N–H and O–H groups in total. The highest BCUT2D eigenvalue weighted by Gasteiger charge is 2.21. The van der Waals surface area contributed by atoms with Crippen molar-refractivity contribution in [3.05, 3.63) is 21.9 Å². The summed E-state index contributed by atoms with van der Waals surface area (Å²) in [4.78, 5) is 4.40. The summed E-state index contributed by atoms with van der Waals surface area (Å²) in [6.45, 7) is 0.854. The van der Waals surface area contributed by atoms with Crippen LogP contribution in [0.5, 0.6) is 11.5 Å². The van der Waals surface area contributed by atoms with Crippen LogP contribution in [-0.4, -0.2) is 13.2 Å². The number of rotatable bonds is 2. The lowest BCUT2D eigenvalue weighted by Gasteiger charge is -2.20. The molecule has 0 unspecified atom stereocenters. The molecule has 1 aromatic rings. The van der Waals surface area contributed by atoms with Crippen molar-refractivity contribution in [3.63, 3.8) is 0 Å². The van der Waals surface area contributed by atoms with Gasteiger partial charge in [-0.2, -0.15) is 0 Å². The minimum atomic E-state index is -0.440. The Morgan fingerprint density at radius 3 is 2.93 bits per heavy atom. The van der Waals surface area contributed by atoms with Crippen molar-refractivity contribution in [1.29, 1.82) is 0 Å². The molecular weight excluding hydrogens is 269 g/mol. The topological polar surface area (TPSA) is 53.7 Å². The van der Waals surface area contributed by atoms with Gasteiger partial charge in [0.15, 0.2) is 11.5 Å². The first-order valence-electron chi connectivity index (χ1n) is 4.32. The highest BCUT2D eigenvalue weighted by Crippen LogP contribution is 2.40. The third-order valence-corrected chi connectivity index (χ3v) is 2.74. The second-order valence-electron chi connectivity index (χ2n) is 3.00. The van der Waals surface area contributed by atoms with Gasteiger partial charge in [0.05, 0.1) is 11.1 Å². The van der Waals surface area contributed by atoms with E-state index in [0.717, 1.165) is 0 Å². The van der Waals surface area contributed by atoms with Gasteiger partial charge < -0.3 is 9.47 Å². The lowest BCUT2D eigenvalue weighted by molar-refractivity contribution is 0.120. The number of nitrogens with two attached hydrogens (primary N) is 1. The quantitative estimate of drug-likeness (QED) is 0.837. The molecule has 82 valence electrons. The summed E-state index contributed by atoms with van der Waals surface area (Å²) >= 11 is 3.11. The van der Waals surface area contributed by atoms with E-state index in [0.29, 0.717) is 30.3 Å². The second kappa shape index (κ2) is 4.34. The van der Waals surface area contributed by atoms with Gasteiger partial charge in [0.2, 0.25) is 0 Å². The van der Waals surface area contributed by atoms with Gasteiger partial charge in [-0.3, -0.25) is 4.84 Å². The summed E-state index contributed by atoms with van der Waals surface area (Å²) in [5.41, 5.74) is 0.327. The van der Waals surface area contributed by atoms with Crippen LogP contribution in [0.25, 0.3) is 0 Å². The first-order valence-corrected chi connectivity index (χ1v) is 5.11. The number of hydrogen-bond acceptors (Lipinski definition) is 4. The predicted molar refractivity (Wildman–Crippen MR) is 54.1 cm³/mol. The van der Waals surface area contributed by atoms with Crippen LogP contribution in [0, 0.1) is 5.82 Å². The Balaban J connectivity index is 2.47. The Morgan fingerprint density at radius 1 is 1.47 bits per heavy atom. The van der Waals surface area contributed by atoms with Crippen molar-refractivity contribution in [3.8, 4) is 11.5 Å². The van der Waals surface area contributed by atoms with E-state index >= 15 is 0 Å². The Hall–Kier alpha value is -0.850. The van der Waals surface area contributed by atoms with Crippen molar-refractivity contribution < 1.29 is 18.7 Å². The van der Waals surface area contributed by atoms with Crippen LogP contribution >= 0.6 is 15.9 Å². The van der Waals surface area contributed by atoms with Gasteiger partial charge >= 0.3 is 0 Å². The minimum Gasteiger partial charge on any atom is -0.486 e. The third-order valence-electron chi connectivity index (χ3n) is 2.03. The van der Waals surface area contributed by atoms with Gasteiger partial charge in [0.1, 0.15) is 19.0 Å². The summed E-state index contributed by atoms with van der Waals surface area (Å²) in [6, 6.07) is 1.53. The highest BCUT2D eigenvalue weighted by molar-refractivity contribution is 9.10. The van der Waals surface area contributed by atoms with Crippen LogP contribution in [0.4, 0.5) is 4.39 Å². The third kappa shape index (κ3) is 1.92. The molecule has 0 saturated carbocycles. The zero-order valence-electron chi connectivity index (χ0n) is 7.76. The predicted octanol–water partition coefficient (Wildman–Crippen LogP) is 1.75. The molecule has 0 bridgehead atoms. The van der Waals surface area contributed by atoms with Crippen molar-refractivity contribution in [2.45, 2.75) is 6.61 Å². The summed E-state index contributed by atoms with van der Waals surface area (Å²) in [5.74, 6) is 5.35. The van der Waals surface area contributed by atoms with E-state index in [1.54, 1.807) is 0 Å². The van der Waals surface area contributed by atoms with Crippen molar-refractivity contribution in [1.82, 2.24) is 0 Å². The standard InChI is InChI=1S/C9H9BrFNO3/c10-7-8(11)5(4-15-12)3-6-9(7)14-2-1-13-6/h3H,1-2,4,12H2. The molecule has 6 heteroatoms. The number of halogens is 2. The summed E-state index contributed by atoms with van der Waals surface area (Å²) < 4.78 is 24.5. The zero-order valence-corrected chi connectivity index (χ0v) is 9.34. The molecule has 1 aliphatic heterocycles. The molecule has 0 spiro atoms. The molecule has 0 radical (unpaired) electrons. The van der Waals surface area contributed by atoms with Crippen LogP contribution in [0.3, 0.4) is 0 Å². The summed E-state index contributed by atoms with van der Waals surface area (Å²) in [7, 11) is 0. The molecule has 15 heavy (non-hydrogen) atoms. The summed E-state index contributed by atoms with van der Waals surface area (Å²) in [6.07, 6.45) is 0. The smallest absolute Gasteiger partial charge is 0.178 e. The van der Waals surface area contributed by atoms with E-state index in [2.05, 4.69) is 20.8 Å². The van der Waals surface area contributed by atoms with E-state index in [4.69, 9.17) is 15.4 Å². The molecule has 0 saturated heterocycles. The second-order valence-corrected chi connectivity index (χ2v) is 3.79. The molecular formula is C9H9BrFNO3. The highest BCUT2D eigenvalue weighted by atomic mass is 79.9. The van der Waals surface area contributed by atoms with E-state index in [-0.39, 0.29) is 11.1 Å². The molecule has 4 nitrogen and oxygen atoms in total. The van der Waals surface area contributed by atoms with Crippen molar-refractivity contribution >= 4 is 15.9 Å². The number of benzene rings is 1. The van der Waals surface area contributed by atoms with Crippen LogP contribution in [0.15, 0.2) is 10.5 Å². The molecule has 1 aliphatic rings. The van der Waals surface area contributed by atoms with E-state index in [9.17, 15) is 4.39 Å². The number of hydrogen-bond donors (Lipinski definition) is 1. The maximum atomic E-state index is 13.7. The van der Waals surface area contributed by atoms with Gasteiger partial charge in [0.25, 0.3) is 0 Å².